The summed E-state index contributed by atoms with van der Waals surface area (Å²) in [6.45, 7) is 9.93. The van der Waals surface area contributed by atoms with Crippen molar-refractivity contribution in [3.63, 3.8) is 0 Å². The highest BCUT2D eigenvalue weighted by Gasteiger charge is 2.33. The molecule has 3 atom stereocenters. The molecule has 2 saturated heterocycles. The van der Waals surface area contributed by atoms with Crippen LogP contribution in [0.2, 0.25) is 0 Å². The minimum atomic E-state index is -0.632. The molecule has 0 saturated carbocycles. The number of rotatable bonds is 5. The van der Waals surface area contributed by atoms with Crippen molar-refractivity contribution in [2.24, 2.45) is 5.92 Å². The molecule has 0 radical (unpaired) electrons. The van der Waals surface area contributed by atoms with Crippen molar-refractivity contribution in [3.05, 3.63) is 0 Å². The van der Waals surface area contributed by atoms with E-state index in [9.17, 15) is 5.11 Å². The van der Waals surface area contributed by atoms with Crippen LogP contribution >= 0.6 is 0 Å². The number of nitrogens with zero attached hydrogens (tertiary/aromatic N) is 1. The summed E-state index contributed by atoms with van der Waals surface area (Å²) in [7, 11) is 0. The van der Waals surface area contributed by atoms with Crippen molar-refractivity contribution in [1.82, 2.24) is 10.2 Å². The Morgan fingerprint density at radius 2 is 2.39 bits per heavy atom. The summed E-state index contributed by atoms with van der Waals surface area (Å²) in [6.07, 6.45) is 3.37. The largest absolute Gasteiger partial charge is 0.386 e. The molecular weight excluding hydrogens is 228 g/mol. The molecule has 2 N–H and O–H groups in total. The fourth-order valence-electron chi connectivity index (χ4n) is 3.04. The van der Waals surface area contributed by atoms with E-state index in [-0.39, 0.29) is 0 Å². The fourth-order valence-corrected chi connectivity index (χ4v) is 3.04. The van der Waals surface area contributed by atoms with Crippen molar-refractivity contribution in [2.45, 2.75) is 44.8 Å². The number of ether oxygens (including phenoxy) is 1. The summed E-state index contributed by atoms with van der Waals surface area (Å²) in [5.41, 5.74) is -0.632. The van der Waals surface area contributed by atoms with Gasteiger partial charge >= 0.3 is 0 Å². The van der Waals surface area contributed by atoms with Crippen LogP contribution in [0.15, 0.2) is 0 Å². The van der Waals surface area contributed by atoms with Gasteiger partial charge in [-0.3, -0.25) is 0 Å². The molecule has 2 rings (SSSR count). The quantitative estimate of drug-likeness (QED) is 0.765. The Balaban J connectivity index is 1.75. The lowest BCUT2D eigenvalue weighted by Gasteiger charge is -2.36. The first kappa shape index (κ1) is 14.3. The normalized spacial score (nSPS) is 35.8. The maximum absolute atomic E-state index is 10.2. The predicted octanol–water partition coefficient (Wildman–Crippen LogP) is 0.848. The van der Waals surface area contributed by atoms with Crippen molar-refractivity contribution in [1.29, 1.82) is 0 Å². The zero-order chi connectivity index (χ0) is 13.0. The Hall–Kier alpha value is -0.160. The molecule has 2 heterocycles. The number of aliphatic hydroxyl groups is 1. The van der Waals surface area contributed by atoms with E-state index in [0.29, 0.717) is 31.7 Å². The van der Waals surface area contributed by atoms with Gasteiger partial charge in [0.1, 0.15) is 5.60 Å². The highest BCUT2D eigenvalue weighted by molar-refractivity contribution is 4.88. The Bertz CT molecular complexity index is 254. The first-order chi connectivity index (χ1) is 8.63. The van der Waals surface area contributed by atoms with E-state index in [4.69, 9.17) is 4.74 Å². The minimum Gasteiger partial charge on any atom is -0.386 e. The van der Waals surface area contributed by atoms with Gasteiger partial charge in [-0.15, -0.1) is 0 Å². The zero-order valence-electron chi connectivity index (χ0n) is 11.8. The van der Waals surface area contributed by atoms with E-state index in [2.05, 4.69) is 24.1 Å². The Labute approximate surface area is 111 Å². The van der Waals surface area contributed by atoms with E-state index in [1.807, 2.05) is 0 Å². The highest BCUT2D eigenvalue weighted by Crippen LogP contribution is 2.21. The average molecular weight is 256 g/mol. The van der Waals surface area contributed by atoms with Crippen LogP contribution in [-0.2, 0) is 4.74 Å². The average Bonchev–Trinajstić information content (AvgIpc) is 2.83. The van der Waals surface area contributed by atoms with Gasteiger partial charge in [0.05, 0.1) is 6.61 Å². The molecule has 0 aliphatic carbocycles. The van der Waals surface area contributed by atoms with Crippen LogP contribution in [-0.4, -0.2) is 61.0 Å². The van der Waals surface area contributed by atoms with Gasteiger partial charge in [0.15, 0.2) is 0 Å². The van der Waals surface area contributed by atoms with Crippen molar-refractivity contribution in [2.75, 3.05) is 39.4 Å². The Morgan fingerprint density at radius 3 is 3.06 bits per heavy atom. The van der Waals surface area contributed by atoms with Crippen molar-refractivity contribution in [3.8, 4) is 0 Å². The molecule has 2 fully saturated rings. The van der Waals surface area contributed by atoms with Gasteiger partial charge in [-0.2, -0.15) is 0 Å². The predicted molar refractivity (Wildman–Crippen MR) is 72.7 cm³/mol. The van der Waals surface area contributed by atoms with Gasteiger partial charge in [0, 0.05) is 32.2 Å². The number of hydrogen-bond donors (Lipinski definition) is 2. The number of likely N-dealkylation sites (tertiary alicyclic amines) is 1. The van der Waals surface area contributed by atoms with Gasteiger partial charge in [-0.05, 0) is 38.8 Å². The lowest BCUT2D eigenvalue weighted by atomic mass is 9.91. The molecule has 2 aliphatic heterocycles. The molecule has 0 aromatic heterocycles. The lowest BCUT2D eigenvalue weighted by molar-refractivity contribution is 0.0219. The van der Waals surface area contributed by atoms with Crippen LogP contribution in [0.25, 0.3) is 0 Å². The van der Waals surface area contributed by atoms with Gasteiger partial charge < -0.3 is 20.1 Å². The molecule has 0 aromatic carbocycles. The molecule has 2 aliphatic rings. The maximum atomic E-state index is 10.2. The van der Waals surface area contributed by atoms with E-state index < -0.39 is 5.60 Å². The van der Waals surface area contributed by atoms with Crippen LogP contribution in [0, 0.1) is 5.92 Å². The third-order valence-electron chi connectivity index (χ3n) is 4.53. The SMILES string of the molecule is CCN1CCCC(C(C)NCC2(O)CCOC2)C1. The smallest absolute Gasteiger partial charge is 0.102 e. The van der Waals surface area contributed by atoms with Crippen LogP contribution in [0.4, 0.5) is 0 Å². The molecule has 0 bridgehead atoms. The van der Waals surface area contributed by atoms with Crippen LogP contribution in [0.3, 0.4) is 0 Å². The lowest BCUT2D eigenvalue weighted by Crippen LogP contribution is -2.49. The fraction of sp³-hybridized carbons (Fsp3) is 1.00. The molecule has 4 nitrogen and oxygen atoms in total. The second-order valence-electron chi connectivity index (χ2n) is 5.99. The van der Waals surface area contributed by atoms with Gasteiger partial charge in [-0.25, -0.2) is 0 Å². The third kappa shape index (κ3) is 3.67. The first-order valence-electron chi connectivity index (χ1n) is 7.39. The highest BCUT2D eigenvalue weighted by atomic mass is 16.5. The molecule has 4 heteroatoms. The molecule has 106 valence electrons. The van der Waals surface area contributed by atoms with Gasteiger partial charge in [0.2, 0.25) is 0 Å². The van der Waals surface area contributed by atoms with Crippen LogP contribution in [0.5, 0.6) is 0 Å². The second-order valence-corrected chi connectivity index (χ2v) is 5.99. The Kier molecular flexibility index (Phi) is 5.01. The monoisotopic (exact) mass is 256 g/mol. The maximum Gasteiger partial charge on any atom is 0.102 e. The zero-order valence-corrected chi connectivity index (χ0v) is 11.8. The number of piperidine rings is 1. The number of nitrogens with one attached hydrogen (secondary N) is 1. The van der Waals surface area contributed by atoms with Crippen LogP contribution in [0.1, 0.15) is 33.1 Å². The third-order valence-corrected chi connectivity index (χ3v) is 4.53. The van der Waals surface area contributed by atoms with Crippen molar-refractivity contribution < 1.29 is 9.84 Å². The molecule has 18 heavy (non-hydrogen) atoms. The second kappa shape index (κ2) is 6.33. The van der Waals surface area contributed by atoms with Gasteiger partial charge in [-0.1, -0.05) is 6.92 Å². The van der Waals surface area contributed by atoms with E-state index in [1.165, 1.54) is 25.9 Å². The van der Waals surface area contributed by atoms with Gasteiger partial charge in [0.25, 0.3) is 0 Å². The van der Waals surface area contributed by atoms with E-state index >= 15 is 0 Å². The molecular formula is C14H28N2O2. The molecule has 0 aromatic rings. The Morgan fingerprint density at radius 1 is 1.56 bits per heavy atom. The summed E-state index contributed by atoms with van der Waals surface area (Å²) < 4.78 is 5.27. The summed E-state index contributed by atoms with van der Waals surface area (Å²) in [4.78, 5) is 2.53. The summed E-state index contributed by atoms with van der Waals surface area (Å²) >= 11 is 0. The van der Waals surface area contributed by atoms with Crippen molar-refractivity contribution >= 4 is 0 Å². The molecule has 3 unspecified atom stereocenters. The summed E-state index contributed by atoms with van der Waals surface area (Å²) in [5, 5.41) is 13.8. The first-order valence-corrected chi connectivity index (χ1v) is 7.39. The van der Waals surface area contributed by atoms with E-state index in [0.717, 1.165) is 13.0 Å². The topological polar surface area (TPSA) is 44.7 Å². The van der Waals surface area contributed by atoms with Crippen LogP contribution < -0.4 is 5.32 Å². The molecule has 0 spiro atoms. The standard InChI is InChI=1S/C14H28N2O2/c1-3-16-7-4-5-13(9-16)12(2)15-10-14(17)6-8-18-11-14/h12-13,15,17H,3-11H2,1-2H3. The minimum absolute atomic E-state index is 0.476. The van der Waals surface area contributed by atoms with E-state index in [1.54, 1.807) is 0 Å². The number of hydrogen-bond acceptors (Lipinski definition) is 4. The summed E-state index contributed by atoms with van der Waals surface area (Å²) in [6, 6.07) is 0.476. The summed E-state index contributed by atoms with van der Waals surface area (Å²) in [5.74, 6) is 0.713. The molecule has 0 amide bonds.